The highest BCUT2D eigenvalue weighted by atomic mass is 32.2. The molecular formula is C19H13FN4OS2. The van der Waals surface area contributed by atoms with Gasteiger partial charge in [0.05, 0.1) is 28.3 Å². The quantitative estimate of drug-likeness (QED) is 0.526. The predicted octanol–water partition coefficient (Wildman–Crippen LogP) is 5.00. The van der Waals surface area contributed by atoms with Crippen LogP contribution in [0.1, 0.15) is 6.92 Å². The first-order valence-corrected chi connectivity index (χ1v) is 9.65. The van der Waals surface area contributed by atoms with Crippen LogP contribution in [0.15, 0.2) is 64.8 Å². The van der Waals surface area contributed by atoms with Gasteiger partial charge >= 0.3 is 0 Å². The molecule has 4 aromatic rings. The molecule has 0 bridgehead atoms. The summed E-state index contributed by atoms with van der Waals surface area (Å²) in [6.07, 6.45) is 3.28. The lowest BCUT2D eigenvalue weighted by Crippen LogP contribution is -2.04. The Kier molecular flexibility index (Phi) is 4.83. The third-order valence-corrected chi connectivity index (χ3v) is 5.52. The highest BCUT2D eigenvalue weighted by molar-refractivity contribution is 7.99. The molecule has 2 aromatic heterocycles. The molecule has 1 N–H and O–H groups in total. The molecule has 5 nitrogen and oxygen atoms in total. The first-order valence-electron chi connectivity index (χ1n) is 8.01. The molecule has 0 atom stereocenters. The summed E-state index contributed by atoms with van der Waals surface area (Å²) in [5, 5.41) is 3.87. The smallest absolute Gasteiger partial charge is 0.223 e. The van der Waals surface area contributed by atoms with E-state index in [9.17, 15) is 9.18 Å². The summed E-state index contributed by atoms with van der Waals surface area (Å²) in [6, 6.07) is 12.3. The third kappa shape index (κ3) is 3.96. The van der Waals surface area contributed by atoms with Crippen LogP contribution in [-0.2, 0) is 4.79 Å². The molecule has 8 heteroatoms. The van der Waals surface area contributed by atoms with Crippen molar-refractivity contribution < 1.29 is 9.18 Å². The van der Waals surface area contributed by atoms with E-state index in [2.05, 4.69) is 20.3 Å². The number of carbonyl (C=O) groups is 1. The number of nitrogens with one attached hydrogen (secondary N) is 1. The number of hydrogen-bond donors (Lipinski definition) is 1. The average molecular weight is 396 g/mol. The maximum absolute atomic E-state index is 13.9. The maximum Gasteiger partial charge on any atom is 0.223 e. The fourth-order valence-electron chi connectivity index (χ4n) is 2.46. The minimum atomic E-state index is -0.286. The molecule has 0 aliphatic carbocycles. The fourth-order valence-corrected chi connectivity index (χ4v) is 4.21. The summed E-state index contributed by atoms with van der Waals surface area (Å²) in [7, 11) is 0. The summed E-state index contributed by atoms with van der Waals surface area (Å²) >= 11 is 2.63. The van der Waals surface area contributed by atoms with Crippen LogP contribution in [0, 0.1) is 5.82 Å². The number of halogens is 1. The monoisotopic (exact) mass is 396 g/mol. The highest BCUT2D eigenvalue weighted by Gasteiger charge is 2.10. The lowest BCUT2D eigenvalue weighted by molar-refractivity contribution is -0.114. The second-order valence-electron chi connectivity index (χ2n) is 5.66. The van der Waals surface area contributed by atoms with Gasteiger partial charge in [0.25, 0.3) is 0 Å². The standard InChI is InChI=1S/C19H13FN4OS2/c1-11(25)22-19-24-14-7-6-12(8-17(14)27-19)15-9-21-10-18(23-15)26-16-5-3-2-4-13(16)20/h2-10H,1H3,(H,22,24,25). The van der Waals surface area contributed by atoms with E-state index in [1.807, 2.05) is 18.2 Å². The van der Waals surface area contributed by atoms with Crippen LogP contribution in [0.4, 0.5) is 9.52 Å². The van der Waals surface area contributed by atoms with Crippen molar-refractivity contribution in [1.29, 1.82) is 0 Å². The number of thiazole rings is 1. The van der Waals surface area contributed by atoms with E-state index in [1.54, 1.807) is 30.6 Å². The van der Waals surface area contributed by atoms with E-state index in [-0.39, 0.29) is 11.7 Å². The van der Waals surface area contributed by atoms with Gasteiger partial charge < -0.3 is 5.32 Å². The van der Waals surface area contributed by atoms with Gasteiger partial charge in [-0.05, 0) is 24.3 Å². The van der Waals surface area contributed by atoms with Crippen molar-refractivity contribution >= 4 is 44.4 Å². The van der Waals surface area contributed by atoms with E-state index in [0.29, 0.717) is 20.7 Å². The number of nitrogens with zero attached hydrogens (tertiary/aromatic N) is 3. The molecule has 0 spiro atoms. The molecule has 1 amide bonds. The number of aromatic nitrogens is 3. The van der Waals surface area contributed by atoms with E-state index in [0.717, 1.165) is 15.8 Å². The zero-order valence-corrected chi connectivity index (χ0v) is 15.8. The highest BCUT2D eigenvalue weighted by Crippen LogP contribution is 2.32. The van der Waals surface area contributed by atoms with Crippen LogP contribution in [0.3, 0.4) is 0 Å². The van der Waals surface area contributed by atoms with E-state index in [1.165, 1.54) is 36.1 Å². The van der Waals surface area contributed by atoms with E-state index < -0.39 is 0 Å². The van der Waals surface area contributed by atoms with E-state index in [4.69, 9.17) is 0 Å². The summed E-state index contributed by atoms with van der Waals surface area (Å²) in [6.45, 7) is 1.45. The Morgan fingerprint density at radius 2 is 2.00 bits per heavy atom. The summed E-state index contributed by atoms with van der Waals surface area (Å²) in [5.74, 6) is -0.440. The average Bonchev–Trinajstić information content (AvgIpc) is 3.04. The van der Waals surface area contributed by atoms with Crippen molar-refractivity contribution in [2.75, 3.05) is 5.32 Å². The Balaban J connectivity index is 1.65. The van der Waals surface area contributed by atoms with Crippen molar-refractivity contribution in [2.24, 2.45) is 0 Å². The van der Waals surface area contributed by atoms with Gasteiger partial charge in [0.15, 0.2) is 5.13 Å². The Bertz CT molecular complexity index is 1150. The summed E-state index contributed by atoms with van der Waals surface area (Å²) in [5.41, 5.74) is 2.37. The minimum absolute atomic E-state index is 0.155. The van der Waals surface area contributed by atoms with E-state index >= 15 is 0 Å². The van der Waals surface area contributed by atoms with Crippen LogP contribution in [0.5, 0.6) is 0 Å². The van der Waals surface area contributed by atoms with Crippen molar-refractivity contribution in [1.82, 2.24) is 15.0 Å². The van der Waals surface area contributed by atoms with Gasteiger partial charge in [-0.3, -0.25) is 9.78 Å². The lowest BCUT2D eigenvalue weighted by atomic mass is 10.1. The van der Waals surface area contributed by atoms with Gasteiger partial charge in [-0.15, -0.1) is 0 Å². The number of benzene rings is 2. The number of anilines is 1. The van der Waals surface area contributed by atoms with Crippen LogP contribution >= 0.6 is 23.1 Å². The number of amides is 1. The Morgan fingerprint density at radius 1 is 1.15 bits per heavy atom. The largest absolute Gasteiger partial charge is 0.302 e. The molecule has 0 fully saturated rings. The van der Waals surface area contributed by atoms with Gasteiger partial charge in [-0.25, -0.2) is 14.4 Å². The van der Waals surface area contributed by atoms with Gasteiger partial charge in [0, 0.05) is 17.4 Å². The van der Waals surface area contributed by atoms with Crippen molar-refractivity contribution in [2.45, 2.75) is 16.8 Å². The number of carbonyl (C=O) groups excluding carboxylic acids is 1. The first-order chi connectivity index (χ1) is 13.1. The topological polar surface area (TPSA) is 67.8 Å². The van der Waals surface area contributed by atoms with Gasteiger partial charge in [0.2, 0.25) is 5.91 Å². The predicted molar refractivity (Wildman–Crippen MR) is 105 cm³/mol. The van der Waals surface area contributed by atoms with Crippen LogP contribution in [0.2, 0.25) is 0 Å². The number of hydrogen-bond acceptors (Lipinski definition) is 6. The summed E-state index contributed by atoms with van der Waals surface area (Å²) in [4.78, 5) is 24.9. The molecule has 27 heavy (non-hydrogen) atoms. The molecule has 0 radical (unpaired) electrons. The van der Waals surface area contributed by atoms with Gasteiger partial charge in [-0.2, -0.15) is 0 Å². The van der Waals surface area contributed by atoms with Crippen molar-refractivity contribution in [3.8, 4) is 11.3 Å². The molecule has 0 saturated heterocycles. The van der Waals surface area contributed by atoms with Crippen molar-refractivity contribution in [3.05, 3.63) is 60.7 Å². The molecule has 0 aliphatic heterocycles. The Labute approximate surface area is 162 Å². The van der Waals surface area contributed by atoms with Gasteiger partial charge in [0.1, 0.15) is 10.8 Å². The SMILES string of the molecule is CC(=O)Nc1nc2ccc(-c3cncc(Sc4ccccc4F)n3)cc2s1. The second-order valence-corrected chi connectivity index (χ2v) is 7.75. The van der Waals surface area contributed by atoms with Gasteiger partial charge in [-0.1, -0.05) is 41.3 Å². The molecule has 2 aromatic carbocycles. The molecule has 0 saturated carbocycles. The normalized spacial score (nSPS) is 10.9. The maximum atomic E-state index is 13.9. The zero-order valence-electron chi connectivity index (χ0n) is 14.1. The molecule has 4 rings (SSSR count). The molecule has 0 aliphatic rings. The minimum Gasteiger partial charge on any atom is -0.302 e. The summed E-state index contributed by atoms with van der Waals surface area (Å²) < 4.78 is 14.8. The Morgan fingerprint density at radius 3 is 2.81 bits per heavy atom. The van der Waals surface area contributed by atoms with Crippen molar-refractivity contribution in [3.63, 3.8) is 0 Å². The zero-order chi connectivity index (χ0) is 18.8. The molecule has 0 unspecified atom stereocenters. The molecular weight excluding hydrogens is 383 g/mol. The molecule has 134 valence electrons. The second kappa shape index (κ2) is 7.42. The van der Waals surface area contributed by atoms with Crippen LogP contribution in [-0.4, -0.2) is 20.9 Å². The third-order valence-electron chi connectivity index (χ3n) is 3.63. The first kappa shape index (κ1) is 17.6. The lowest BCUT2D eigenvalue weighted by Gasteiger charge is -2.05. The van der Waals surface area contributed by atoms with Crippen LogP contribution < -0.4 is 5.32 Å². The van der Waals surface area contributed by atoms with Crippen LogP contribution in [0.25, 0.3) is 21.5 Å². The number of fused-ring (bicyclic) bond motifs is 1. The number of rotatable bonds is 4. The Hall–Kier alpha value is -2.84. The molecule has 2 heterocycles. The fraction of sp³-hybridized carbons (Fsp3) is 0.0526.